The predicted octanol–water partition coefficient (Wildman–Crippen LogP) is 3.00. The second kappa shape index (κ2) is 4.94. The monoisotopic (exact) mass is 279 g/mol. The molecule has 0 amide bonds. The minimum atomic E-state index is -0.921. The van der Waals surface area contributed by atoms with E-state index >= 15 is 0 Å². The predicted molar refractivity (Wildman–Crippen MR) is 68.9 cm³/mol. The fourth-order valence-corrected chi connectivity index (χ4v) is 2.44. The van der Waals surface area contributed by atoms with Crippen molar-refractivity contribution in [3.8, 4) is 11.4 Å². The number of aromatic nitrogens is 2. The van der Waals surface area contributed by atoms with Crippen molar-refractivity contribution in [2.45, 2.75) is 31.7 Å². The van der Waals surface area contributed by atoms with E-state index in [1.54, 1.807) is 0 Å². The number of benzene rings is 1. The van der Waals surface area contributed by atoms with Crippen molar-refractivity contribution in [2.24, 2.45) is 0 Å². The van der Waals surface area contributed by atoms with Crippen molar-refractivity contribution in [1.82, 2.24) is 15.5 Å². The third-order valence-corrected chi connectivity index (χ3v) is 3.69. The molecule has 2 heterocycles. The molecular formula is C14H15F2N3O. The van der Waals surface area contributed by atoms with Gasteiger partial charge in [-0.05, 0) is 50.9 Å². The first-order valence-corrected chi connectivity index (χ1v) is 6.63. The van der Waals surface area contributed by atoms with Crippen molar-refractivity contribution in [1.29, 1.82) is 0 Å². The summed E-state index contributed by atoms with van der Waals surface area (Å²) < 4.78 is 31.4. The smallest absolute Gasteiger partial charge is 0.246 e. The molecule has 1 aromatic heterocycles. The molecule has 1 unspecified atom stereocenters. The number of hydrogen-bond acceptors (Lipinski definition) is 4. The molecule has 1 aromatic carbocycles. The van der Waals surface area contributed by atoms with Crippen LogP contribution in [-0.2, 0) is 5.54 Å². The van der Waals surface area contributed by atoms with Crippen LogP contribution in [-0.4, -0.2) is 16.7 Å². The van der Waals surface area contributed by atoms with Gasteiger partial charge in [0, 0.05) is 5.56 Å². The number of halogens is 2. The molecule has 0 spiro atoms. The highest BCUT2D eigenvalue weighted by Gasteiger charge is 2.34. The van der Waals surface area contributed by atoms with Gasteiger partial charge in [-0.2, -0.15) is 4.98 Å². The van der Waals surface area contributed by atoms with Crippen LogP contribution in [0.3, 0.4) is 0 Å². The Bertz CT molecular complexity index is 621. The molecule has 0 radical (unpaired) electrons. The van der Waals surface area contributed by atoms with E-state index in [1.807, 2.05) is 6.92 Å². The minimum Gasteiger partial charge on any atom is -0.337 e. The summed E-state index contributed by atoms with van der Waals surface area (Å²) >= 11 is 0. The third kappa shape index (κ3) is 2.31. The summed E-state index contributed by atoms with van der Waals surface area (Å²) in [5, 5.41) is 7.23. The quantitative estimate of drug-likeness (QED) is 0.918. The van der Waals surface area contributed by atoms with E-state index in [0.717, 1.165) is 37.9 Å². The Morgan fingerprint density at radius 2 is 2.10 bits per heavy atom. The van der Waals surface area contributed by atoms with E-state index in [1.165, 1.54) is 6.07 Å². The zero-order valence-electron chi connectivity index (χ0n) is 11.1. The number of nitrogens with one attached hydrogen (secondary N) is 1. The molecule has 20 heavy (non-hydrogen) atoms. The van der Waals surface area contributed by atoms with Gasteiger partial charge in [0.25, 0.3) is 0 Å². The Hall–Kier alpha value is -1.82. The van der Waals surface area contributed by atoms with Gasteiger partial charge >= 0.3 is 0 Å². The first kappa shape index (κ1) is 13.2. The van der Waals surface area contributed by atoms with Gasteiger partial charge in [-0.25, -0.2) is 8.78 Å². The Kier molecular flexibility index (Phi) is 3.25. The normalized spacial score (nSPS) is 22.9. The van der Waals surface area contributed by atoms with Crippen molar-refractivity contribution in [2.75, 3.05) is 6.54 Å². The standard InChI is InChI=1S/C14H15F2N3O/c1-14(6-2-3-7-17-14)13-18-12(19-20-13)9-4-5-10(15)11(16)8-9/h4-5,8,17H,2-3,6-7H2,1H3. The zero-order valence-corrected chi connectivity index (χ0v) is 11.1. The molecule has 6 heteroatoms. The van der Waals surface area contributed by atoms with E-state index in [0.29, 0.717) is 11.5 Å². The van der Waals surface area contributed by atoms with Crippen molar-refractivity contribution >= 4 is 0 Å². The van der Waals surface area contributed by atoms with Gasteiger partial charge in [0.1, 0.15) is 0 Å². The zero-order chi connectivity index (χ0) is 14.2. The summed E-state index contributed by atoms with van der Waals surface area (Å²) in [6.45, 7) is 2.91. The maximum Gasteiger partial charge on any atom is 0.246 e. The van der Waals surface area contributed by atoms with E-state index in [2.05, 4.69) is 15.5 Å². The van der Waals surface area contributed by atoms with Crippen molar-refractivity contribution < 1.29 is 13.3 Å². The summed E-state index contributed by atoms with van der Waals surface area (Å²) in [4.78, 5) is 4.32. The second-order valence-electron chi connectivity index (χ2n) is 5.27. The van der Waals surface area contributed by atoms with Gasteiger partial charge in [0.05, 0.1) is 5.54 Å². The summed E-state index contributed by atoms with van der Waals surface area (Å²) in [5.74, 6) is -1.06. The van der Waals surface area contributed by atoms with Crippen LogP contribution >= 0.6 is 0 Å². The van der Waals surface area contributed by atoms with Crippen LogP contribution in [0.2, 0.25) is 0 Å². The highest BCUT2D eigenvalue weighted by atomic mass is 19.2. The van der Waals surface area contributed by atoms with Crippen molar-refractivity contribution in [3.05, 3.63) is 35.7 Å². The molecule has 106 valence electrons. The summed E-state index contributed by atoms with van der Waals surface area (Å²) in [5.41, 5.74) is 0.0560. The average molecular weight is 279 g/mol. The molecule has 1 N–H and O–H groups in total. The molecule has 0 saturated carbocycles. The Morgan fingerprint density at radius 3 is 2.80 bits per heavy atom. The van der Waals surface area contributed by atoms with Gasteiger partial charge in [0.15, 0.2) is 11.6 Å². The van der Waals surface area contributed by atoms with E-state index < -0.39 is 11.6 Å². The lowest BCUT2D eigenvalue weighted by atomic mass is 9.91. The largest absolute Gasteiger partial charge is 0.337 e. The minimum absolute atomic E-state index is 0.271. The van der Waals surface area contributed by atoms with Crippen LogP contribution in [0, 0.1) is 11.6 Å². The van der Waals surface area contributed by atoms with Gasteiger partial charge in [-0.1, -0.05) is 5.16 Å². The molecule has 4 nitrogen and oxygen atoms in total. The molecule has 1 atom stereocenters. The maximum atomic E-state index is 13.2. The topological polar surface area (TPSA) is 51.0 Å². The molecule has 1 aliphatic rings. The van der Waals surface area contributed by atoms with Crippen LogP contribution in [0.5, 0.6) is 0 Å². The summed E-state index contributed by atoms with van der Waals surface area (Å²) in [6.07, 6.45) is 3.12. The van der Waals surface area contributed by atoms with Crippen molar-refractivity contribution in [3.63, 3.8) is 0 Å². The van der Waals surface area contributed by atoms with Crippen LogP contribution in [0.15, 0.2) is 22.7 Å². The molecular weight excluding hydrogens is 264 g/mol. The Balaban J connectivity index is 1.91. The molecule has 1 aliphatic heterocycles. The van der Waals surface area contributed by atoms with Gasteiger partial charge in [0.2, 0.25) is 11.7 Å². The lowest BCUT2D eigenvalue weighted by Gasteiger charge is -2.31. The fourth-order valence-electron chi connectivity index (χ4n) is 2.44. The molecule has 3 rings (SSSR count). The van der Waals surface area contributed by atoms with E-state index in [4.69, 9.17) is 4.52 Å². The van der Waals surface area contributed by atoms with Crippen LogP contribution in [0.4, 0.5) is 8.78 Å². The van der Waals surface area contributed by atoms with Gasteiger partial charge in [-0.3, -0.25) is 0 Å². The Labute approximate surface area is 115 Å². The number of piperidine rings is 1. The number of hydrogen-bond donors (Lipinski definition) is 1. The molecule has 2 aromatic rings. The molecule has 0 bridgehead atoms. The lowest BCUT2D eigenvalue weighted by Crippen LogP contribution is -2.43. The summed E-state index contributed by atoms with van der Waals surface area (Å²) in [7, 11) is 0. The van der Waals surface area contributed by atoms with Crippen LogP contribution in [0.1, 0.15) is 32.1 Å². The summed E-state index contributed by atoms with van der Waals surface area (Å²) in [6, 6.07) is 3.56. The average Bonchev–Trinajstić information content (AvgIpc) is 2.93. The second-order valence-corrected chi connectivity index (χ2v) is 5.27. The first-order chi connectivity index (χ1) is 9.58. The Morgan fingerprint density at radius 1 is 1.25 bits per heavy atom. The number of nitrogens with zero attached hydrogens (tertiary/aromatic N) is 2. The third-order valence-electron chi connectivity index (χ3n) is 3.69. The van der Waals surface area contributed by atoms with E-state index in [-0.39, 0.29) is 11.4 Å². The highest BCUT2D eigenvalue weighted by molar-refractivity contribution is 5.54. The van der Waals surface area contributed by atoms with Gasteiger partial charge in [-0.15, -0.1) is 0 Å². The van der Waals surface area contributed by atoms with Crippen LogP contribution < -0.4 is 5.32 Å². The maximum absolute atomic E-state index is 13.2. The molecule has 1 saturated heterocycles. The number of rotatable bonds is 2. The lowest BCUT2D eigenvalue weighted by molar-refractivity contribution is 0.207. The van der Waals surface area contributed by atoms with E-state index in [9.17, 15) is 8.78 Å². The molecule has 1 fully saturated rings. The van der Waals surface area contributed by atoms with Gasteiger partial charge < -0.3 is 9.84 Å². The SMILES string of the molecule is CC1(c2nc(-c3ccc(F)c(F)c3)no2)CCCCN1. The fraction of sp³-hybridized carbons (Fsp3) is 0.429. The molecule has 0 aliphatic carbocycles. The van der Waals surface area contributed by atoms with Crippen LogP contribution in [0.25, 0.3) is 11.4 Å². The first-order valence-electron chi connectivity index (χ1n) is 6.63. The highest BCUT2D eigenvalue weighted by Crippen LogP contribution is 2.30.